The third kappa shape index (κ3) is 4.01. The van der Waals surface area contributed by atoms with Crippen LogP contribution in [0.1, 0.15) is 19.4 Å². The van der Waals surface area contributed by atoms with Gasteiger partial charge in [-0.15, -0.1) is 0 Å². The first-order valence-electron chi connectivity index (χ1n) is 6.04. The maximum absolute atomic E-state index is 8.65. The van der Waals surface area contributed by atoms with E-state index in [9.17, 15) is 0 Å². The van der Waals surface area contributed by atoms with Gasteiger partial charge in [0.25, 0.3) is 0 Å². The summed E-state index contributed by atoms with van der Waals surface area (Å²) >= 11 is 6.27. The van der Waals surface area contributed by atoms with Crippen molar-refractivity contribution < 1.29 is 9.94 Å². The van der Waals surface area contributed by atoms with Gasteiger partial charge in [0.15, 0.2) is 5.84 Å². The molecule has 0 aromatic heterocycles. The molecule has 0 amide bonds. The normalized spacial score (nSPS) is 11.9. The minimum Gasteiger partial charge on any atom is -0.409 e. The van der Waals surface area contributed by atoms with E-state index in [-0.39, 0.29) is 5.84 Å². The van der Waals surface area contributed by atoms with E-state index in [2.05, 4.69) is 23.9 Å². The summed E-state index contributed by atoms with van der Waals surface area (Å²) in [6.07, 6.45) is 0. The number of rotatable bonds is 6. The Morgan fingerprint density at radius 1 is 1.53 bits per heavy atom. The Balaban J connectivity index is 3.05. The molecule has 19 heavy (non-hydrogen) atoms. The molecule has 0 heterocycles. The fraction of sp³-hybridized carbons (Fsp3) is 0.462. The number of benzene rings is 1. The van der Waals surface area contributed by atoms with Crippen molar-refractivity contribution in [2.45, 2.75) is 19.9 Å². The minimum atomic E-state index is 0.0430. The van der Waals surface area contributed by atoms with Crippen LogP contribution < -0.4 is 10.6 Å². The lowest BCUT2D eigenvalue weighted by Gasteiger charge is -2.29. The van der Waals surface area contributed by atoms with E-state index in [1.165, 1.54) is 0 Å². The van der Waals surface area contributed by atoms with Gasteiger partial charge < -0.3 is 20.6 Å². The molecule has 0 aliphatic carbocycles. The van der Waals surface area contributed by atoms with Crippen LogP contribution >= 0.6 is 11.6 Å². The van der Waals surface area contributed by atoms with Gasteiger partial charge in [0.2, 0.25) is 0 Å². The van der Waals surface area contributed by atoms with Crippen molar-refractivity contribution in [1.29, 1.82) is 0 Å². The van der Waals surface area contributed by atoms with Gasteiger partial charge in [-0.3, -0.25) is 0 Å². The van der Waals surface area contributed by atoms with Crippen LogP contribution in [0.3, 0.4) is 0 Å². The molecule has 3 N–H and O–H groups in total. The van der Waals surface area contributed by atoms with Gasteiger partial charge >= 0.3 is 0 Å². The number of nitrogens with zero attached hydrogens (tertiary/aromatic N) is 2. The zero-order chi connectivity index (χ0) is 14.4. The number of nitrogens with two attached hydrogens (primary N) is 1. The second-order valence-electron chi connectivity index (χ2n) is 4.43. The van der Waals surface area contributed by atoms with Crippen molar-refractivity contribution in [3.8, 4) is 0 Å². The Bertz CT molecular complexity index is 450. The fourth-order valence-electron chi connectivity index (χ4n) is 1.80. The average Bonchev–Trinajstić information content (AvgIpc) is 2.39. The predicted molar refractivity (Wildman–Crippen MR) is 78.3 cm³/mol. The Labute approximate surface area is 118 Å². The summed E-state index contributed by atoms with van der Waals surface area (Å²) in [7, 11) is 1.67. The van der Waals surface area contributed by atoms with Crippen molar-refractivity contribution in [2.75, 3.05) is 25.2 Å². The maximum Gasteiger partial charge on any atom is 0.170 e. The summed E-state index contributed by atoms with van der Waals surface area (Å²) in [5.74, 6) is 0.0430. The van der Waals surface area contributed by atoms with Gasteiger partial charge in [-0.25, -0.2) is 0 Å². The van der Waals surface area contributed by atoms with E-state index in [1.54, 1.807) is 19.2 Å². The molecule has 0 saturated carbocycles. The summed E-state index contributed by atoms with van der Waals surface area (Å²) in [6, 6.07) is 5.63. The first-order chi connectivity index (χ1) is 9.01. The van der Waals surface area contributed by atoms with Crippen molar-refractivity contribution in [3.05, 3.63) is 28.8 Å². The number of oxime groups is 1. The number of hydrogen-bond donors (Lipinski definition) is 2. The van der Waals surface area contributed by atoms with E-state index in [0.29, 0.717) is 23.2 Å². The quantitative estimate of drug-likeness (QED) is 0.364. The smallest absolute Gasteiger partial charge is 0.170 e. The summed E-state index contributed by atoms with van der Waals surface area (Å²) in [5, 5.41) is 12.2. The van der Waals surface area contributed by atoms with Crippen molar-refractivity contribution in [2.24, 2.45) is 10.9 Å². The first-order valence-corrected chi connectivity index (χ1v) is 6.42. The number of anilines is 1. The second-order valence-corrected chi connectivity index (χ2v) is 4.84. The Morgan fingerprint density at radius 3 is 2.68 bits per heavy atom. The largest absolute Gasteiger partial charge is 0.409 e. The van der Waals surface area contributed by atoms with Crippen LogP contribution in [0.4, 0.5) is 5.69 Å². The van der Waals surface area contributed by atoms with Crippen LogP contribution in [-0.4, -0.2) is 37.3 Å². The average molecular weight is 286 g/mol. The van der Waals surface area contributed by atoms with Crippen LogP contribution in [0.2, 0.25) is 5.02 Å². The first kappa shape index (κ1) is 15.6. The summed E-state index contributed by atoms with van der Waals surface area (Å²) in [6.45, 7) is 5.54. The molecule has 5 nitrogen and oxygen atoms in total. The molecule has 0 saturated heterocycles. The molecule has 6 heteroatoms. The zero-order valence-electron chi connectivity index (χ0n) is 11.4. The standard InChI is InChI=1S/C13H20ClN3O2/c1-9(2)17(6-7-19-3)12-5-4-10(8-11(12)14)13(15)16-18/h4-5,8-9,18H,6-7H2,1-3H3,(H2,15,16). The van der Waals surface area contributed by atoms with Crippen molar-refractivity contribution in [3.63, 3.8) is 0 Å². The molecular weight excluding hydrogens is 266 g/mol. The summed E-state index contributed by atoms with van der Waals surface area (Å²) in [5.41, 5.74) is 7.03. The molecular formula is C13H20ClN3O2. The van der Waals surface area contributed by atoms with Gasteiger partial charge in [-0.2, -0.15) is 0 Å². The van der Waals surface area contributed by atoms with Gasteiger partial charge in [0.1, 0.15) is 0 Å². The molecule has 0 aliphatic heterocycles. The van der Waals surface area contributed by atoms with Gasteiger partial charge in [0.05, 0.1) is 17.3 Å². The Morgan fingerprint density at radius 2 is 2.21 bits per heavy atom. The monoisotopic (exact) mass is 285 g/mol. The lowest BCUT2D eigenvalue weighted by Crippen LogP contribution is -2.34. The van der Waals surface area contributed by atoms with E-state index in [0.717, 1.165) is 12.2 Å². The Kier molecular flexibility index (Phi) is 5.92. The van der Waals surface area contributed by atoms with Gasteiger partial charge in [-0.1, -0.05) is 16.8 Å². The van der Waals surface area contributed by atoms with Crippen LogP contribution in [-0.2, 0) is 4.74 Å². The van der Waals surface area contributed by atoms with Crippen LogP contribution in [0.15, 0.2) is 23.4 Å². The van der Waals surface area contributed by atoms with E-state index in [1.807, 2.05) is 6.07 Å². The highest BCUT2D eigenvalue weighted by Gasteiger charge is 2.14. The molecule has 0 radical (unpaired) electrons. The lowest BCUT2D eigenvalue weighted by atomic mass is 10.1. The number of methoxy groups -OCH3 is 1. The summed E-state index contributed by atoms with van der Waals surface area (Å²) in [4.78, 5) is 2.14. The van der Waals surface area contributed by atoms with Crippen molar-refractivity contribution >= 4 is 23.1 Å². The van der Waals surface area contributed by atoms with Crippen LogP contribution in [0.25, 0.3) is 0 Å². The molecule has 0 bridgehead atoms. The van der Waals surface area contributed by atoms with Crippen LogP contribution in [0.5, 0.6) is 0 Å². The minimum absolute atomic E-state index is 0.0430. The number of hydrogen-bond acceptors (Lipinski definition) is 4. The SMILES string of the molecule is COCCN(c1ccc(/C(N)=N/O)cc1Cl)C(C)C. The van der Waals surface area contributed by atoms with Crippen molar-refractivity contribution in [1.82, 2.24) is 0 Å². The molecule has 0 atom stereocenters. The molecule has 0 spiro atoms. The number of amidine groups is 1. The lowest BCUT2D eigenvalue weighted by molar-refractivity contribution is 0.204. The van der Waals surface area contributed by atoms with Gasteiger partial charge in [0, 0.05) is 25.3 Å². The zero-order valence-corrected chi connectivity index (χ0v) is 12.2. The highest BCUT2D eigenvalue weighted by Crippen LogP contribution is 2.28. The molecule has 1 aromatic carbocycles. The number of halogens is 1. The highest BCUT2D eigenvalue weighted by atomic mass is 35.5. The second kappa shape index (κ2) is 7.21. The van der Waals surface area contributed by atoms with Crippen LogP contribution in [0, 0.1) is 0 Å². The van der Waals surface area contributed by atoms with E-state index in [4.69, 9.17) is 27.3 Å². The molecule has 0 fully saturated rings. The summed E-state index contributed by atoms with van der Waals surface area (Å²) < 4.78 is 5.11. The van der Waals surface area contributed by atoms with E-state index < -0.39 is 0 Å². The molecule has 1 rings (SSSR count). The number of ether oxygens (including phenoxy) is 1. The molecule has 106 valence electrons. The predicted octanol–water partition coefficient (Wildman–Crippen LogP) is 2.30. The van der Waals surface area contributed by atoms with Gasteiger partial charge in [-0.05, 0) is 32.0 Å². The third-order valence-corrected chi connectivity index (χ3v) is 3.12. The molecule has 0 aliphatic rings. The van der Waals surface area contributed by atoms with E-state index >= 15 is 0 Å². The molecule has 0 unspecified atom stereocenters. The highest BCUT2D eigenvalue weighted by molar-refractivity contribution is 6.33. The fourth-order valence-corrected chi connectivity index (χ4v) is 2.09. The Hall–Kier alpha value is -1.46. The maximum atomic E-state index is 8.65. The topological polar surface area (TPSA) is 71.1 Å². The third-order valence-electron chi connectivity index (χ3n) is 2.82. The molecule has 1 aromatic rings.